The van der Waals surface area contributed by atoms with Crippen molar-refractivity contribution < 1.29 is 139 Å². The zero-order chi connectivity index (χ0) is 65.7. The predicted molar refractivity (Wildman–Crippen MR) is 355 cm³/mol. The van der Waals surface area contributed by atoms with Gasteiger partial charge in [-0.25, -0.2) is 4.67 Å². The van der Waals surface area contributed by atoms with Crippen LogP contribution in [-0.2, 0) is 67.7 Å². The number of carboxylic acids is 2. The minimum atomic E-state index is -3.15. The van der Waals surface area contributed by atoms with E-state index in [1.54, 1.807) is 0 Å². The topological polar surface area (TPSA) is 202 Å². The van der Waals surface area contributed by atoms with Gasteiger partial charge in [0.05, 0.1) is 21.4 Å². The van der Waals surface area contributed by atoms with Crippen molar-refractivity contribution >= 4 is 128 Å². The van der Waals surface area contributed by atoms with Crippen molar-refractivity contribution in [3.05, 3.63) is 110 Å². The first-order valence-corrected chi connectivity index (χ1v) is 50.8. The van der Waals surface area contributed by atoms with Crippen molar-refractivity contribution in [2.24, 2.45) is 0 Å². The van der Waals surface area contributed by atoms with Gasteiger partial charge in [0.15, 0.2) is 23.1 Å². The number of carbonyl (C=O) groups is 2. The molecule has 8 bridgehead atoms. The van der Waals surface area contributed by atoms with E-state index in [0.717, 1.165) is 39.5 Å². The Morgan fingerprint density at radius 1 is 0.557 bits per heavy atom. The Labute approximate surface area is 646 Å². The van der Waals surface area contributed by atoms with E-state index in [1.165, 1.54) is 128 Å². The number of hydrogen-bond donors (Lipinski definition) is 2. The fraction of sp³-hybridized carbons (Fsp3) is 0.606. The van der Waals surface area contributed by atoms with Gasteiger partial charge in [-0.1, -0.05) is 158 Å². The molecule has 9 unspecified atom stereocenters. The summed E-state index contributed by atoms with van der Waals surface area (Å²) in [5.74, 6) is -0.704. The van der Waals surface area contributed by atoms with Gasteiger partial charge < -0.3 is 48.8 Å². The van der Waals surface area contributed by atoms with Crippen molar-refractivity contribution in [3.8, 4) is 22.3 Å². The summed E-state index contributed by atoms with van der Waals surface area (Å²) >= 11 is 4.97. The quantitative estimate of drug-likeness (QED) is 0.0499. The third-order valence-corrected chi connectivity index (χ3v) is 21.5. The SMILES string of the molecule is CC(=O)O.CC(=O)O.CC(C)c1cc(C(C)C)c(-c2ccccc2I)c(C(C)C)c1.CC(C)c1cc(C(C)C)c(-c2ccccc2P2C3(C)CC4(C)OC(C)(CC2(C)O4)O3)c(C(C)C)c1.CC12CC3(C)OC(C)(CC(C)(O1)P3)O2.O=[P+]([O-])O[O-].[K+].[K][K].[Pd]. The van der Waals surface area contributed by atoms with Crippen LogP contribution in [0.3, 0.4) is 0 Å². The third kappa shape index (κ3) is 22.9. The maximum Gasteiger partial charge on any atom is 0 e. The van der Waals surface area contributed by atoms with Gasteiger partial charge in [-0.15, -0.1) is 0 Å². The van der Waals surface area contributed by atoms with Crippen molar-refractivity contribution in [2.75, 3.05) is 0 Å². The van der Waals surface area contributed by atoms with Crippen LogP contribution >= 0.6 is 47.3 Å². The van der Waals surface area contributed by atoms with Crippen LogP contribution < -0.4 is 66.8 Å². The first-order valence-electron chi connectivity index (χ1n) is 30.3. The van der Waals surface area contributed by atoms with Crippen LogP contribution in [0.4, 0.5) is 0 Å². The molecule has 8 fully saturated rings. The van der Waals surface area contributed by atoms with Crippen LogP contribution in [0.2, 0.25) is 0 Å². The number of rotatable bonds is 10. The first-order chi connectivity index (χ1) is 39.5. The van der Waals surface area contributed by atoms with Crippen molar-refractivity contribution in [1.82, 2.24) is 0 Å². The minimum absolute atomic E-state index is 0. The fourth-order valence-corrected chi connectivity index (χ4v) is 21.0. The number of halogens is 1. The molecule has 4 aromatic rings. The molecule has 0 aromatic heterocycles. The molecule has 0 aliphatic carbocycles. The van der Waals surface area contributed by atoms with Gasteiger partial charge in [0.2, 0.25) is 0 Å². The van der Waals surface area contributed by atoms with Crippen LogP contribution in [0.5, 0.6) is 0 Å². The van der Waals surface area contributed by atoms with Gasteiger partial charge in [0.25, 0.3) is 11.9 Å². The molecule has 0 saturated carbocycles. The van der Waals surface area contributed by atoms with E-state index < -0.39 is 51.3 Å². The molecule has 8 aliphatic heterocycles. The van der Waals surface area contributed by atoms with Gasteiger partial charge in [0, 0.05) is 63.5 Å². The molecule has 8 aliphatic rings. The first kappa shape index (κ1) is 86.8. The Morgan fingerprint density at radius 2 is 0.841 bits per heavy atom. The van der Waals surface area contributed by atoms with Crippen LogP contribution in [0.25, 0.3) is 22.3 Å². The van der Waals surface area contributed by atoms with E-state index in [4.69, 9.17) is 62.9 Å². The molecule has 14 nitrogen and oxygen atoms in total. The molecule has 8 saturated heterocycles. The third-order valence-electron chi connectivity index (χ3n) is 15.6. The Balaban J connectivity index is 0.000000425. The van der Waals surface area contributed by atoms with Gasteiger partial charge in [-0.2, -0.15) is 0 Å². The van der Waals surface area contributed by atoms with Crippen molar-refractivity contribution in [3.63, 3.8) is 0 Å². The average Bonchev–Trinajstić information content (AvgIpc) is 0.701. The Morgan fingerprint density at radius 3 is 1.12 bits per heavy atom. The second-order valence-electron chi connectivity index (χ2n) is 26.5. The number of benzene rings is 4. The van der Waals surface area contributed by atoms with Crippen LogP contribution in [0.15, 0.2) is 72.8 Å². The minimum Gasteiger partial charge on any atom is 0 e. The number of ether oxygens (including phenoxy) is 6. The molecule has 8 heterocycles. The summed E-state index contributed by atoms with van der Waals surface area (Å²) in [5, 5.41) is 24.1. The van der Waals surface area contributed by atoms with E-state index in [1.807, 2.05) is 13.8 Å². The summed E-state index contributed by atoms with van der Waals surface area (Å²) in [6, 6.07) is 27.6. The molecular formula is C66H95IK3O14P3Pd. The second-order valence-corrected chi connectivity index (χ2v) is 33.7. The molecule has 0 amide bonds. The van der Waals surface area contributed by atoms with E-state index >= 15 is 0 Å². The molecule has 88 heavy (non-hydrogen) atoms. The molecule has 4 aromatic carbocycles. The molecule has 478 valence electrons. The Bertz CT molecular complexity index is 2800. The molecule has 12 rings (SSSR count). The van der Waals surface area contributed by atoms with E-state index in [0.29, 0.717) is 44.1 Å². The van der Waals surface area contributed by atoms with Crippen LogP contribution in [-0.4, -0.2) is 130 Å². The molecule has 0 radical (unpaired) electrons. The van der Waals surface area contributed by atoms with E-state index in [2.05, 4.69) is 225 Å². The Kier molecular flexibility index (Phi) is 35.2. The number of hydrogen-bond acceptors (Lipinski definition) is 12. The van der Waals surface area contributed by atoms with E-state index in [-0.39, 0.29) is 93.2 Å². The van der Waals surface area contributed by atoms with Crippen molar-refractivity contribution in [1.29, 1.82) is 0 Å². The predicted octanol–water partition coefficient (Wildman–Crippen LogP) is 13.0. The molecular weight excluding hydrogens is 1460 g/mol. The maximum atomic E-state index is 9.00. The molecule has 9 atom stereocenters. The standard InChI is InChI=1S/C31H43O3P.C21H27I.C10H17O3P.2C2H4O2.3K.HO4P.Pd/c1-19(2)22-15-24(20(3)4)27(25(16-22)21(5)6)23-13-11-12-14-26(23)35-30(9)17-28(7)32-29(8,34-30)18-31(35,10)33-28;1-13(2)16-11-18(14(3)4)21(19(12-16)15(5)6)17-9-7-8-10-20(17)22;1-7-5-9(3)13-8(2,11-7)6-10(4,12-7)14-9;2*1-2(3)4;;;;1-4-5(2)3;/h11-16,19-21H,17-18H2,1-10H3;7-15H,1-6H3;14H,5-6H2,1-4H3;2*1H3,(H,3,4);;;;1H;/q;;;;;;;+1;;/p-1. The fourth-order valence-electron chi connectivity index (χ4n) is 13.8. The summed E-state index contributed by atoms with van der Waals surface area (Å²) in [6.45, 7) is 47.2. The van der Waals surface area contributed by atoms with Gasteiger partial charge in [-0.3, -0.25) is 9.59 Å². The monoisotopic (exact) mass is 1550 g/mol. The van der Waals surface area contributed by atoms with Crippen LogP contribution in [0.1, 0.15) is 247 Å². The largest absolute Gasteiger partial charge is 0 e. The van der Waals surface area contributed by atoms with Gasteiger partial charge >= 0.3 is 123 Å². The second kappa shape index (κ2) is 35.7. The average molecular weight is 1560 g/mol. The summed E-state index contributed by atoms with van der Waals surface area (Å²) in [7, 11) is -3.22. The summed E-state index contributed by atoms with van der Waals surface area (Å²) in [4.78, 5) is 26.9. The van der Waals surface area contributed by atoms with E-state index in [9.17, 15) is 0 Å². The van der Waals surface area contributed by atoms with Crippen LogP contribution in [0, 0.1) is 3.57 Å². The van der Waals surface area contributed by atoms with Crippen molar-refractivity contribution in [2.45, 2.75) is 258 Å². The number of carboxylic acid groups (broad SMARTS) is 2. The molecule has 0 spiro atoms. The number of aliphatic carboxylic acids is 2. The normalized spacial score (nSPS) is 29.4. The molecule has 22 heteroatoms. The molecule has 2 N–H and O–H groups in total. The summed E-state index contributed by atoms with van der Waals surface area (Å²) in [5.41, 5.74) is 14.4. The summed E-state index contributed by atoms with van der Waals surface area (Å²) in [6.07, 6.45) is 3.21. The smallest absolute Gasteiger partial charge is 0 e. The zero-order valence-corrected chi connectivity index (χ0v) is 73.0. The Hall–Kier alpha value is 2.72. The maximum absolute atomic E-state index is 9.00. The van der Waals surface area contributed by atoms with Gasteiger partial charge in [0.1, 0.15) is 0 Å². The van der Waals surface area contributed by atoms with Gasteiger partial charge in [-0.05, 0) is 193 Å². The zero-order valence-electron chi connectivity index (χ0n) is 57.1. The summed E-state index contributed by atoms with van der Waals surface area (Å²) < 4.78 is 50.6.